The number of para-hydroxylation sites is 1. The molecule has 0 bridgehead atoms. The molecule has 0 radical (unpaired) electrons. The van der Waals surface area contributed by atoms with Crippen LogP contribution in [0, 0.1) is 5.92 Å². The van der Waals surface area contributed by atoms with Crippen LogP contribution < -0.4 is 10.1 Å². The van der Waals surface area contributed by atoms with Crippen molar-refractivity contribution >= 4 is 0 Å². The normalized spacial score (nSPS) is 11.3. The van der Waals surface area contributed by atoms with Crippen LogP contribution in [-0.4, -0.2) is 37.7 Å². The molecule has 0 amide bonds. The lowest BCUT2D eigenvalue weighted by Crippen LogP contribution is -2.31. The fourth-order valence-electron chi connectivity index (χ4n) is 2.23. The molecule has 1 aromatic rings. The Morgan fingerprint density at radius 3 is 2.60 bits per heavy atom. The number of nitrogens with one attached hydrogen (secondary N) is 1. The Labute approximate surface area is 124 Å². The fourth-order valence-corrected chi connectivity index (χ4v) is 2.23. The van der Waals surface area contributed by atoms with Gasteiger partial charge in [-0.3, -0.25) is 4.90 Å². The van der Waals surface area contributed by atoms with Crippen molar-refractivity contribution in [2.24, 2.45) is 5.92 Å². The molecular weight excluding hydrogens is 248 g/mol. The second-order valence-electron chi connectivity index (χ2n) is 5.52. The third-order valence-corrected chi connectivity index (χ3v) is 3.27. The zero-order valence-corrected chi connectivity index (χ0v) is 13.5. The Bertz CT molecular complexity index is 366. The van der Waals surface area contributed by atoms with Crippen LogP contribution in [0.3, 0.4) is 0 Å². The van der Waals surface area contributed by atoms with Crippen LogP contribution in [-0.2, 0) is 6.54 Å². The molecule has 0 aromatic heterocycles. The molecule has 0 atom stereocenters. The lowest BCUT2D eigenvalue weighted by atomic mass is 10.2. The van der Waals surface area contributed by atoms with Gasteiger partial charge < -0.3 is 10.1 Å². The standard InChI is InChI=1S/C17H30N2O/c1-5-18-13-16-9-7-8-10-17(16)20-12-11-19(6-2)14-15(3)4/h7-10,15,18H,5-6,11-14H2,1-4H3. The topological polar surface area (TPSA) is 24.5 Å². The molecule has 0 saturated heterocycles. The minimum Gasteiger partial charge on any atom is -0.492 e. The van der Waals surface area contributed by atoms with Crippen LogP contribution >= 0.6 is 0 Å². The SMILES string of the molecule is CCNCc1ccccc1OCCN(CC)CC(C)C. The molecule has 0 spiro atoms. The molecule has 3 heteroatoms. The Kier molecular flexibility index (Phi) is 8.31. The summed E-state index contributed by atoms with van der Waals surface area (Å²) in [5, 5.41) is 3.35. The van der Waals surface area contributed by atoms with E-state index in [-0.39, 0.29) is 0 Å². The summed E-state index contributed by atoms with van der Waals surface area (Å²) in [6, 6.07) is 8.29. The van der Waals surface area contributed by atoms with Gasteiger partial charge in [-0.05, 0) is 25.1 Å². The number of hydrogen-bond donors (Lipinski definition) is 1. The highest BCUT2D eigenvalue weighted by Gasteiger charge is 2.06. The third kappa shape index (κ3) is 6.40. The zero-order valence-electron chi connectivity index (χ0n) is 13.5. The first-order valence-electron chi connectivity index (χ1n) is 7.81. The van der Waals surface area contributed by atoms with Crippen molar-refractivity contribution in [3.8, 4) is 5.75 Å². The van der Waals surface area contributed by atoms with Crippen LogP contribution in [0.5, 0.6) is 5.75 Å². The summed E-state index contributed by atoms with van der Waals surface area (Å²) in [5.41, 5.74) is 1.24. The van der Waals surface area contributed by atoms with Gasteiger partial charge in [0.25, 0.3) is 0 Å². The number of likely N-dealkylation sites (N-methyl/N-ethyl adjacent to an activating group) is 1. The van der Waals surface area contributed by atoms with E-state index in [4.69, 9.17) is 4.74 Å². The molecule has 0 aliphatic heterocycles. The van der Waals surface area contributed by atoms with Gasteiger partial charge in [0.05, 0.1) is 0 Å². The van der Waals surface area contributed by atoms with Crippen LogP contribution in [0.4, 0.5) is 0 Å². The molecule has 114 valence electrons. The lowest BCUT2D eigenvalue weighted by Gasteiger charge is -2.22. The molecule has 1 rings (SSSR count). The molecule has 1 N–H and O–H groups in total. The van der Waals surface area contributed by atoms with Gasteiger partial charge in [0.2, 0.25) is 0 Å². The number of ether oxygens (including phenoxy) is 1. The molecule has 20 heavy (non-hydrogen) atoms. The second-order valence-corrected chi connectivity index (χ2v) is 5.52. The summed E-state index contributed by atoms with van der Waals surface area (Å²) in [7, 11) is 0. The summed E-state index contributed by atoms with van der Waals surface area (Å²) >= 11 is 0. The van der Waals surface area contributed by atoms with Crippen LogP contribution in [0.1, 0.15) is 33.3 Å². The van der Waals surface area contributed by atoms with Crippen LogP contribution in [0.25, 0.3) is 0 Å². The van der Waals surface area contributed by atoms with Gasteiger partial charge in [-0.1, -0.05) is 45.9 Å². The van der Waals surface area contributed by atoms with Crippen molar-refractivity contribution in [1.82, 2.24) is 10.2 Å². The summed E-state index contributed by atoms with van der Waals surface area (Å²) in [5.74, 6) is 1.71. The van der Waals surface area contributed by atoms with E-state index in [0.29, 0.717) is 5.92 Å². The molecule has 1 aromatic carbocycles. The molecule has 0 fully saturated rings. The summed E-state index contributed by atoms with van der Waals surface area (Å²) < 4.78 is 5.97. The van der Waals surface area contributed by atoms with E-state index in [1.807, 2.05) is 6.07 Å². The van der Waals surface area contributed by atoms with E-state index in [9.17, 15) is 0 Å². The maximum absolute atomic E-state index is 5.97. The van der Waals surface area contributed by atoms with E-state index in [0.717, 1.165) is 45.1 Å². The van der Waals surface area contributed by atoms with Gasteiger partial charge in [-0.25, -0.2) is 0 Å². The van der Waals surface area contributed by atoms with Gasteiger partial charge in [0.15, 0.2) is 0 Å². The molecular formula is C17H30N2O. The third-order valence-electron chi connectivity index (χ3n) is 3.27. The van der Waals surface area contributed by atoms with Crippen molar-refractivity contribution in [3.05, 3.63) is 29.8 Å². The van der Waals surface area contributed by atoms with Gasteiger partial charge in [0.1, 0.15) is 12.4 Å². The van der Waals surface area contributed by atoms with Gasteiger partial charge in [-0.2, -0.15) is 0 Å². The minimum absolute atomic E-state index is 0.705. The van der Waals surface area contributed by atoms with Crippen molar-refractivity contribution in [1.29, 1.82) is 0 Å². The number of nitrogens with zero attached hydrogens (tertiary/aromatic N) is 1. The number of hydrogen-bond acceptors (Lipinski definition) is 3. The molecule has 0 aliphatic carbocycles. The quantitative estimate of drug-likeness (QED) is 0.711. The summed E-state index contributed by atoms with van der Waals surface area (Å²) in [6.07, 6.45) is 0. The fraction of sp³-hybridized carbons (Fsp3) is 0.647. The Balaban J connectivity index is 2.44. The lowest BCUT2D eigenvalue weighted by molar-refractivity contribution is 0.199. The van der Waals surface area contributed by atoms with Gasteiger partial charge >= 0.3 is 0 Å². The van der Waals surface area contributed by atoms with Crippen molar-refractivity contribution in [2.75, 3.05) is 32.8 Å². The number of benzene rings is 1. The van der Waals surface area contributed by atoms with E-state index in [2.05, 4.69) is 56.1 Å². The molecule has 0 heterocycles. The maximum atomic E-state index is 5.97. The Hall–Kier alpha value is -1.06. The van der Waals surface area contributed by atoms with Gasteiger partial charge in [0, 0.05) is 25.2 Å². The van der Waals surface area contributed by atoms with E-state index in [1.54, 1.807) is 0 Å². The first kappa shape index (κ1) is 17.0. The summed E-state index contributed by atoms with van der Waals surface area (Å²) in [4.78, 5) is 2.44. The molecule has 3 nitrogen and oxygen atoms in total. The van der Waals surface area contributed by atoms with Gasteiger partial charge in [-0.15, -0.1) is 0 Å². The van der Waals surface area contributed by atoms with Crippen molar-refractivity contribution in [3.63, 3.8) is 0 Å². The van der Waals surface area contributed by atoms with Crippen molar-refractivity contribution in [2.45, 2.75) is 34.2 Å². The zero-order chi connectivity index (χ0) is 14.8. The monoisotopic (exact) mass is 278 g/mol. The molecule has 0 aliphatic rings. The average molecular weight is 278 g/mol. The van der Waals surface area contributed by atoms with Crippen molar-refractivity contribution < 1.29 is 4.74 Å². The highest BCUT2D eigenvalue weighted by molar-refractivity contribution is 5.33. The highest BCUT2D eigenvalue weighted by atomic mass is 16.5. The van der Waals surface area contributed by atoms with Crippen LogP contribution in [0.2, 0.25) is 0 Å². The van der Waals surface area contributed by atoms with E-state index in [1.165, 1.54) is 5.56 Å². The first-order valence-corrected chi connectivity index (χ1v) is 7.81. The molecule has 0 saturated carbocycles. The predicted octanol–water partition coefficient (Wildman–Crippen LogP) is 3.15. The maximum Gasteiger partial charge on any atom is 0.123 e. The van der Waals surface area contributed by atoms with E-state index < -0.39 is 0 Å². The van der Waals surface area contributed by atoms with Crippen LogP contribution in [0.15, 0.2) is 24.3 Å². The Morgan fingerprint density at radius 2 is 1.95 bits per heavy atom. The van der Waals surface area contributed by atoms with E-state index >= 15 is 0 Å². The Morgan fingerprint density at radius 1 is 1.20 bits per heavy atom. The average Bonchev–Trinajstić information content (AvgIpc) is 2.44. The second kappa shape index (κ2) is 9.78. The minimum atomic E-state index is 0.705. The number of rotatable bonds is 10. The molecule has 0 unspecified atom stereocenters. The smallest absolute Gasteiger partial charge is 0.123 e. The largest absolute Gasteiger partial charge is 0.492 e. The highest BCUT2D eigenvalue weighted by Crippen LogP contribution is 2.17. The first-order chi connectivity index (χ1) is 9.67. The summed E-state index contributed by atoms with van der Waals surface area (Å²) in [6.45, 7) is 14.7. The predicted molar refractivity (Wildman–Crippen MR) is 86.3 cm³/mol.